The van der Waals surface area contributed by atoms with E-state index in [4.69, 9.17) is 9.47 Å². The van der Waals surface area contributed by atoms with Gasteiger partial charge in [-0.1, -0.05) is 86.8 Å². The Kier molecular flexibility index (Phi) is 8.53. The summed E-state index contributed by atoms with van der Waals surface area (Å²) in [7, 11) is 0. The van der Waals surface area contributed by atoms with E-state index >= 15 is 0 Å². The van der Waals surface area contributed by atoms with E-state index in [1.165, 1.54) is 47.1 Å². The van der Waals surface area contributed by atoms with E-state index in [1.807, 2.05) is 6.92 Å². The zero-order valence-electron chi connectivity index (χ0n) is 18.6. The number of unbranched alkanes of at least 4 members (excludes halogenated alkanes) is 3. The topological polar surface area (TPSA) is 18.5 Å². The Morgan fingerprint density at radius 1 is 0.700 bits per heavy atom. The lowest BCUT2D eigenvalue weighted by molar-refractivity contribution is 0.0764. The third-order valence-corrected chi connectivity index (χ3v) is 5.47. The van der Waals surface area contributed by atoms with Crippen molar-refractivity contribution in [1.29, 1.82) is 0 Å². The van der Waals surface area contributed by atoms with Crippen molar-refractivity contribution in [1.82, 2.24) is 0 Å². The van der Waals surface area contributed by atoms with E-state index in [0.29, 0.717) is 0 Å². The molecule has 2 nitrogen and oxygen atoms in total. The third kappa shape index (κ3) is 5.96. The zero-order chi connectivity index (χ0) is 21.2. The Hall–Kier alpha value is -2.58. The summed E-state index contributed by atoms with van der Waals surface area (Å²) in [6, 6.07) is 25.8. The number of benzene rings is 3. The highest BCUT2D eigenvalue weighted by atomic mass is 16.5. The van der Waals surface area contributed by atoms with Crippen LogP contribution in [-0.4, -0.2) is 13.2 Å². The molecule has 0 radical (unpaired) electrons. The van der Waals surface area contributed by atoms with Crippen LogP contribution in [-0.2, 0) is 4.74 Å². The molecule has 158 valence electrons. The molecule has 1 unspecified atom stereocenters. The van der Waals surface area contributed by atoms with Gasteiger partial charge >= 0.3 is 0 Å². The van der Waals surface area contributed by atoms with Gasteiger partial charge in [0.15, 0.2) is 0 Å². The lowest BCUT2D eigenvalue weighted by Gasteiger charge is -2.14. The van der Waals surface area contributed by atoms with Crippen LogP contribution < -0.4 is 4.74 Å². The number of hydrogen-bond donors (Lipinski definition) is 0. The number of rotatable bonds is 11. The van der Waals surface area contributed by atoms with Crippen LogP contribution in [0.1, 0.15) is 58.1 Å². The molecule has 0 aliphatic heterocycles. The van der Waals surface area contributed by atoms with Gasteiger partial charge in [-0.05, 0) is 60.2 Å². The van der Waals surface area contributed by atoms with Gasteiger partial charge in [-0.15, -0.1) is 0 Å². The smallest absolute Gasteiger partial charge is 0.119 e. The molecular formula is C28H34O2. The fourth-order valence-electron chi connectivity index (χ4n) is 3.72. The molecule has 0 N–H and O–H groups in total. The van der Waals surface area contributed by atoms with E-state index in [1.54, 1.807) is 0 Å². The average molecular weight is 403 g/mol. The monoisotopic (exact) mass is 402 g/mol. The molecule has 0 aliphatic rings. The molecule has 0 saturated carbocycles. The fourth-order valence-corrected chi connectivity index (χ4v) is 3.72. The lowest BCUT2D eigenvalue weighted by Crippen LogP contribution is -1.99. The van der Waals surface area contributed by atoms with Gasteiger partial charge in [-0.2, -0.15) is 0 Å². The SMILES string of the molecule is CCCCCCOc1ccc(-c2ccccc2-c2ccc(C(C)OCC)cc2)cc1. The minimum Gasteiger partial charge on any atom is -0.494 e. The average Bonchev–Trinajstić information content (AvgIpc) is 2.80. The molecule has 30 heavy (non-hydrogen) atoms. The minimum absolute atomic E-state index is 0.119. The second kappa shape index (κ2) is 11.6. The molecular weight excluding hydrogens is 368 g/mol. The van der Waals surface area contributed by atoms with Gasteiger partial charge in [0, 0.05) is 6.61 Å². The second-order valence-corrected chi connectivity index (χ2v) is 7.70. The molecule has 0 amide bonds. The molecule has 0 aromatic heterocycles. The summed E-state index contributed by atoms with van der Waals surface area (Å²) in [5.74, 6) is 0.946. The summed E-state index contributed by atoms with van der Waals surface area (Å²) in [5.41, 5.74) is 6.10. The molecule has 0 spiro atoms. The van der Waals surface area contributed by atoms with Crippen LogP contribution in [0.3, 0.4) is 0 Å². The number of hydrogen-bond acceptors (Lipinski definition) is 2. The molecule has 0 saturated heterocycles. The molecule has 3 rings (SSSR count). The first-order chi connectivity index (χ1) is 14.7. The maximum absolute atomic E-state index is 5.90. The van der Waals surface area contributed by atoms with Gasteiger partial charge in [-0.3, -0.25) is 0 Å². The van der Waals surface area contributed by atoms with Crippen LogP contribution in [0.25, 0.3) is 22.3 Å². The standard InChI is InChI=1S/C28H34O2/c1-4-6-7-10-21-30-26-19-17-25(18-20-26)28-12-9-8-11-27(28)24-15-13-23(14-16-24)22(3)29-5-2/h8-9,11-20,22H,4-7,10,21H2,1-3H3. The molecule has 2 heteroatoms. The van der Waals surface area contributed by atoms with Crippen molar-refractivity contribution in [2.75, 3.05) is 13.2 Å². The predicted octanol–water partition coefficient (Wildman–Crippen LogP) is 8.08. The Labute approximate surface area is 181 Å². The van der Waals surface area contributed by atoms with Crippen LogP contribution in [0.15, 0.2) is 72.8 Å². The summed E-state index contributed by atoms with van der Waals surface area (Å²) in [4.78, 5) is 0. The van der Waals surface area contributed by atoms with Crippen molar-refractivity contribution in [2.45, 2.75) is 52.6 Å². The highest BCUT2D eigenvalue weighted by Gasteiger charge is 2.09. The van der Waals surface area contributed by atoms with E-state index < -0.39 is 0 Å². The molecule has 3 aromatic rings. The molecule has 0 heterocycles. The Bertz CT molecular complexity index is 881. The first-order valence-corrected chi connectivity index (χ1v) is 11.3. The zero-order valence-corrected chi connectivity index (χ0v) is 18.6. The largest absolute Gasteiger partial charge is 0.494 e. The molecule has 0 bridgehead atoms. The van der Waals surface area contributed by atoms with Gasteiger partial charge in [0.1, 0.15) is 5.75 Å². The first-order valence-electron chi connectivity index (χ1n) is 11.3. The molecule has 0 aliphatic carbocycles. The van der Waals surface area contributed by atoms with Crippen LogP contribution in [0, 0.1) is 0 Å². The maximum atomic E-state index is 5.90. The normalized spacial score (nSPS) is 12.0. The van der Waals surface area contributed by atoms with Crippen molar-refractivity contribution >= 4 is 0 Å². The molecule has 1 atom stereocenters. The van der Waals surface area contributed by atoms with Gasteiger partial charge in [0.05, 0.1) is 12.7 Å². The van der Waals surface area contributed by atoms with Gasteiger partial charge in [-0.25, -0.2) is 0 Å². The van der Waals surface area contributed by atoms with Crippen LogP contribution in [0.4, 0.5) is 0 Å². The van der Waals surface area contributed by atoms with Gasteiger partial charge in [0.25, 0.3) is 0 Å². The quantitative estimate of drug-likeness (QED) is 0.302. The van der Waals surface area contributed by atoms with E-state index in [-0.39, 0.29) is 6.10 Å². The first kappa shape index (κ1) is 22.1. The fraction of sp³-hybridized carbons (Fsp3) is 0.357. The van der Waals surface area contributed by atoms with Crippen molar-refractivity contribution in [2.24, 2.45) is 0 Å². The third-order valence-electron chi connectivity index (χ3n) is 5.47. The maximum Gasteiger partial charge on any atom is 0.119 e. The van der Waals surface area contributed by atoms with E-state index in [0.717, 1.165) is 25.4 Å². The van der Waals surface area contributed by atoms with Crippen molar-refractivity contribution in [3.63, 3.8) is 0 Å². The summed E-state index contributed by atoms with van der Waals surface area (Å²) >= 11 is 0. The van der Waals surface area contributed by atoms with Gasteiger partial charge < -0.3 is 9.47 Å². The van der Waals surface area contributed by atoms with Crippen LogP contribution >= 0.6 is 0 Å². The Morgan fingerprint density at radius 3 is 1.87 bits per heavy atom. The van der Waals surface area contributed by atoms with Crippen LogP contribution in [0.2, 0.25) is 0 Å². The Morgan fingerprint density at radius 2 is 1.30 bits per heavy atom. The van der Waals surface area contributed by atoms with Crippen molar-refractivity contribution < 1.29 is 9.47 Å². The molecule has 3 aromatic carbocycles. The highest BCUT2D eigenvalue weighted by Crippen LogP contribution is 2.33. The lowest BCUT2D eigenvalue weighted by atomic mass is 9.94. The van der Waals surface area contributed by atoms with Crippen LogP contribution in [0.5, 0.6) is 5.75 Å². The minimum atomic E-state index is 0.119. The summed E-state index contributed by atoms with van der Waals surface area (Å²) in [5, 5.41) is 0. The van der Waals surface area contributed by atoms with Crippen molar-refractivity contribution in [3.05, 3.63) is 78.4 Å². The summed E-state index contributed by atoms with van der Waals surface area (Å²) < 4.78 is 11.6. The summed E-state index contributed by atoms with van der Waals surface area (Å²) in [6.45, 7) is 7.88. The van der Waals surface area contributed by atoms with Gasteiger partial charge in [0.2, 0.25) is 0 Å². The highest BCUT2D eigenvalue weighted by molar-refractivity contribution is 5.83. The van der Waals surface area contributed by atoms with E-state index in [9.17, 15) is 0 Å². The molecule has 0 fully saturated rings. The van der Waals surface area contributed by atoms with E-state index in [2.05, 4.69) is 86.6 Å². The second-order valence-electron chi connectivity index (χ2n) is 7.70. The predicted molar refractivity (Wildman–Crippen MR) is 127 cm³/mol. The Balaban J connectivity index is 1.73. The van der Waals surface area contributed by atoms with Crippen molar-refractivity contribution in [3.8, 4) is 28.0 Å². The number of ether oxygens (including phenoxy) is 2. The summed E-state index contributed by atoms with van der Waals surface area (Å²) in [6.07, 6.45) is 5.02.